The SMILES string of the molecule is COCCN1C(=O)CCCC(N)C1c1cncs1. The van der Waals surface area contributed by atoms with E-state index in [-0.39, 0.29) is 18.0 Å². The second-order valence-corrected chi connectivity index (χ2v) is 5.40. The van der Waals surface area contributed by atoms with Crippen molar-refractivity contribution in [1.29, 1.82) is 0 Å². The third kappa shape index (κ3) is 2.88. The lowest BCUT2D eigenvalue weighted by Crippen LogP contribution is -2.43. The first kappa shape index (κ1) is 13.5. The fourth-order valence-corrected chi connectivity index (χ4v) is 3.17. The molecule has 6 heteroatoms. The summed E-state index contributed by atoms with van der Waals surface area (Å²) < 4.78 is 5.09. The normalized spacial score (nSPS) is 25.2. The Morgan fingerprint density at radius 2 is 2.50 bits per heavy atom. The zero-order valence-electron chi connectivity index (χ0n) is 10.5. The van der Waals surface area contributed by atoms with E-state index in [2.05, 4.69) is 4.98 Å². The van der Waals surface area contributed by atoms with Crippen molar-refractivity contribution in [3.8, 4) is 0 Å². The predicted octanol–water partition coefficient (Wildman–Crippen LogP) is 1.17. The van der Waals surface area contributed by atoms with Gasteiger partial charge in [-0.05, 0) is 12.8 Å². The van der Waals surface area contributed by atoms with Gasteiger partial charge in [0.2, 0.25) is 5.91 Å². The van der Waals surface area contributed by atoms with E-state index in [1.165, 1.54) is 0 Å². The van der Waals surface area contributed by atoms with Gasteiger partial charge in [-0.15, -0.1) is 11.3 Å². The number of methoxy groups -OCH3 is 1. The summed E-state index contributed by atoms with van der Waals surface area (Å²) in [6.07, 6.45) is 4.12. The molecule has 1 saturated heterocycles. The van der Waals surface area contributed by atoms with Gasteiger partial charge in [-0.2, -0.15) is 0 Å². The van der Waals surface area contributed by atoms with Crippen LogP contribution in [0.2, 0.25) is 0 Å². The van der Waals surface area contributed by atoms with Crippen molar-refractivity contribution in [3.05, 3.63) is 16.6 Å². The minimum atomic E-state index is -0.0531. The predicted molar refractivity (Wildman–Crippen MR) is 70.3 cm³/mol. The Labute approximate surface area is 111 Å². The molecule has 0 spiro atoms. The Morgan fingerprint density at radius 3 is 3.17 bits per heavy atom. The van der Waals surface area contributed by atoms with Gasteiger partial charge in [-0.25, -0.2) is 0 Å². The molecule has 2 atom stereocenters. The van der Waals surface area contributed by atoms with Gasteiger partial charge >= 0.3 is 0 Å². The van der Waals surface area contributed by atoms with Gasteiger partial charge in [0, 0.05) is 37.2 Å². The topological polar surface area (TPSA) is 68.5 Å². The second kappa shape index (κ2) is 6.26. The highest BCUT2D eigenvalue weighted by Gasteiger charge is 2.33. The van der Waals surface area contributed by atoms with E-state index < -0.39 is 0 Å². The lowest BCUT2D eigenvalue weighted by atomic mass is 10.0. The van der Waals surface area contributed by atoms with Gasteiger partial charge in [-0.1, -0.05) is 0 Å². The number of hydrogen-bond acceptors (Lipinski definition) is 5. The number of thiazole rings is 1. The summed E-state index contributed by atoms with van der Waals surface area (Å²) in [5.74, 6) is 0.165. The van der Waals surface area contributed by atoms with Crippen LogP contribution in [0.4, 0.5) is 0 Å². The zero-order chi connectivity index (χ0) is 13.0. The van der Waals surface area contributed by atoms with Gasteiger partial charge in [-0.3, -0.25) is 9.78 Å². The Kier molecular flexibility index (Phi) is 4.68. The average molecular weight is 269 g/mol. The lowest BCUT2D eigenvalue weighted by Gasteiger charge is -2.32. The molecule has 100 valence electrons. The number of carbonyl (C=O) groups is 1. The van der Waals surface area contributed by atoms with Crippen LogP contribution in [0.5, 0.6) is 0 Å². The molecule has 2 unspecified atom stereocenters. The Bertz CT molecular complexity index is 383. The number of nitrogens with two attached hydrogens (primary N) is 1. The van der Waals surface area contributed by atoms with Crippen molar-refractivity contribution in [1.82, 2.24) is 9.88 Å². The first-order valence-corrected chi connectivity index (χ1v) is 7.04. The van der Waals surface area contributed by atoms with Gasteiger partial charge in [0.15, 0.2) is 0 Å². The molecule has 0 radical (unpaired) electrons. The molecular weight excluding hydrogens is 250 g/mol. The molecule has 1 aromatic heterocycles. The number of carbonyl (C=O) groups excluding carboxylic acids is 1. The monoisotopic (exact) mass is 269 g/mol. The smallest absolute Gasteiger partial charge is 0.223 e. The van der Waals surface area contributed by atoms with E-state index in [1.807, 2.05) is 11.1 Å². The summed E-state index contributed by atoms with van der Waals surface area (Å²) >= 11 is 1.56. The van der Waals surface area contributed by atoms with Gasteiger partial charge in [0.1, 0.15) is 0 Å². The standard InChI is InChI=1S/C12H19N3O2S/c1-17-6-5-15-11(16)4-2-3-9(13)12(15)10-7-14-8-18-10/h7-9,12H,2-6,13H2,1H3. The summed E-state index contributed by atoms with van der Waals surface area (Å²) in [7, 11) is 1.64. The summed E-state index contributed by atoms with van der Waals surface area (Å²) in [5.41, 5.74) is 8.02. The van der Waals surface area contributed by atoms with Crippen LogP contribution in [0.3, 0.4) is 0 Å². The highest BCUT2D eigenvalue weighted by atomic mass is 32.1. The number of rotatable bonds is 4. The first-order chi connectivity index (χ1) is 8.74. The van der Waals surface area contributed by atoms with E-state index in [0.717, 1.165) is 17.7 Å². The maximum absolute atomic E-state index is 12.2. The van der Waals surface area contributed by atoms with Crippen LogP contribution in [-0.4, -0.2) is 42.1 Å². The lowest BCUT2D eigenvalue weighted by molar-refractivity contribution is -0.133. The molecule has 18 heavy (non-hydrogen) atoms. The second-order valence-electron chi connectivity index (χ2n) is 4.48. The Morgan fingerprint density at radius 1 is 1.67 bits per heavy atom. The molecule has 1 fully saturated rings. The highest BCUT2D eigenvalue weighted by molar-refractivity contribution is 7.09. The van der Waals surface area contributed by atoms with Crippen molar-refractivity contribution < 1.29 is 9.53 Å². The van der Waals surface area contributed by atoms with Crippen molar-refractivity contribution in [2.75, 3.05) is 20.3 Å². The van der Waals surface area contributed by atoms with Crippen LogP contribution in [-0.2, 0) is 9.53 Å². The third-order valence-corrected chi connectivity index (χ3v) is 4.12. The van der Waals surface area contributed by atoms with Crippen molar-refractivity contribution in [3.63, 3.8) is 0 Å². The van der Waals surface area contributed by atoms with E-state index in [4.69, 9.17) is 10.5 Å². The number of likely N-dealkylation sites (tertiary alicyclic amines) is 1. The number of hydrogen-bond donors (Lipinski definition) is 1. The molecule has 0 bridgehead atoms. The van der Waals surface area contributed by atoms with Crippen LogP contribution in [0, 0.1) is 0 Å². The maximum atomic E-state index is 12.2. The molecule has 1 aliphatic heterocycles. The minimum absolute atomic E-state index is 0.0197. The van der Waals surface area contributed by atoms with E-state index in [0.29, 0.717) is 19.6 Å². The van der Waals surface area contributed by atoms with Gasteiger partial charge in [0.05, 0.1) is 18.2 Å². The number of amides is 1. The zero-order valence-corrected chi connectivity index (χ0v) is 11.4. The van der Waals surface area contributed by atoms with Crippen LogP contribution in [0.25, 0.3) is 0 Å². The highest BCUT2D eigenvalue weighted by Crippen LogP contribution is 2.31. The van der Waals surface area contributed by atoms with Crippen molar-refractivity contribution >= 4 is 17.2 Å². The molecular formula is C12H19N3O2S. The number of nitrogens with zero attached hydrogens (tertiary/aromatic N) is 2. The molecule has 0 aromatic carbocycles. The largest absolute Gasteiger partial charge is 0.383 e. The Hall–Kier alpha value is -0.980. The number of ether oxygens (including phenoxy) is 1. The van der Waals surface area contributed by atoms with Crippen molar-refractivity contribution in [2.45, 2.75) is 31.3 Å². The molecule has 1 amide bonds. The molecule has 2 rings (SSSR count). The fraction of sp³-hybridized carbons (Fsp3) is 0.667. The molecule has 1 aliphatic rings. The van der Waals surface area contributed by atoms with Gasteiger partial charge < -0.3 is 15.4 Å². The van der Waals surface area contributed by atoms with Crippen LogP contribution >= 0.6 is 11.3 Å². The molecule has 1 aromatic rings. The van der Waals surface area contributed by atoms with Crippen LogP contribution < -0.4 is 5.73 Å². The first-order valence-electron chi connectivity index (χ1n) is 6.16. The van der Waals surface area contributed by atoms with Crippen LogP contribution in [0.15, 0.2) is 11.7 Å². The quantitative estimate of drug-likeness (QED) is 0.891. The summed E-state index contributed by atoms with van der Waals surface area (Å²) in [4.78, 5) is 19.2. The van der Waals surface area contributed by atoms with Gasteiger partial charge in [0.25, 0.3) is 0 Å². The third-order valence-electron chi connectivity index (χ3n) is 3.27. The Balaban J connectivity index is 2.24. The average Bonchev–Trinajstić information content (AvgIpc) is 2.82. The molecule has 2 heterocycles. The van der Waals surface area contributed by atoms with E-state index in [1.54, 1.807) is 24.0 Å². The molecule has 0 aliphatic carbocycles. The van der Waals surface area contributed by atoms with Crippen LogP contribution in [0.1, 0.15) is 30.2 Å². The molecule has 2 N–H and O–H groups in total. The summed E-state index contributed by atoms with van der Waals surface area (Å²) in [6.45, 7) is 1.12. The van der Waals surface area contributed by atoms with E-state index in [9.17, 15) is 4.79 Å². The van der Waals surface area contributed by atoms with Crippen molar-refractivity contribution in [2.24, 2.45) is 5.73 Å². The number of aromatic nitrogens is 1. The van der Waals surface area contributed by atoms with E-state index >= 15 is 0 Å². The minimum Gasteiger partial charge on any atom is -0.383 e. The fourth-order valence-electron chi connectivity index (χ4n) is 2.37. The summed E-state index contributed by atoms with van der Waals surface area (Å²) in [5, 5.41) is 0. The maximum Gasteiger partial charge on any atom is 0.223 e. The summed E-state index contributed by atoms with van der Waals surface area (Å²) in [6, 6.07) is -0.0728. The molecule has 5 nitrogen and oxygen atoms in total. The molecule has 0 saturated carbocycles.